The van der Waals surface area contributed by atoms with Gasteiger partial charge in [0, 0.05) is 24.0 Å². The van der Waals surface area contributed by atoms with Gasteiger partial charge in [-0.1, -0.05) is 12.1 Å². The highest BCUT2D eigenvalue weighted by Crippen LogP contribution is 2.36. The second-order valence-corrected chi connectivity index (χ2v) is 7.62. The molecule has 0 bridgehead atoms. The van der Waals surface area contributed by atoms with Gasteiger partial charge >= 0.3 is 0 Å². The van der Waals surface area contributed by atoms with Gasteiger partial charge in [-0.2, -0.15) is 0 Å². The molecule has 2 aliphatic heterocycles. The number of benzene rings is 2. The minimum absolute atomic E-state index is 0.0525. The molecule has 2 aromatic carbocycles. The number of carbonyl (C=O) groups excluding carboxylic acids is 2. The van der Waals surface area contributed by atoms with Gasteiger partial charge in [-0.15, -0.1) is 0 Å². The lowest BCUT2D eigenvalue weighted by atomic mass is 10.1. The Balaban J connectivity index is 1.50. The molecule has 1 saturated heterocycles. The number of hydrogen-bond acceptors (Lipinski definition) is 5. The Morgan fingerprint density at radius 2 is 1.87 bits per heavy atom. The predicted molar refractivity (Wildman–Crippen MR) is 111 cm³/mol. The van der Waals surface area contributed by atoms with Gasteiger partial charge < -0.3 is 18.8 Å². The Bertz CT molecular complexity index is 1170. The van der Waals surface area contributed by atoms with Gasteiger partial charge in [0.05, 0.1) is 25.4 Å². The number of hydrogen-bond donors (Lipinski definition) is 0. The van der Waals surface area contributed by atoms with Gasteiger partial charge in [0.1, 0.15) is 17.1 Å². The van der Waals surface area contributed by atoms with Crippen molar-refractivity contribution in [2.45, 2.75) is 13.0 Å². The van der Waals surface area contributed by atoms with Crippen LogP contribution in [0.1, 0.15) is 16.1 Å². The highest BCUT2D eigenvalue weighted by Gasteiger charge is 2.38. The van der Waals surface area contributed by atoms with Crippen LogP contribution < -0.4 is 9.64 Å². The molecule has 1 aromatic heterocycles. The molecule has 0 spiro atoms. The molecule has 0 radical (unpaired) electrons. The maximum atomic E-state index is 13.7. The van der Waals surface area contributed by atoms with E-state index in [-0.39, 0.29) is 18.2 Å². The SMILES string of the molecule is Cc1c(C(=O)N2CC(C(=O)N3CCOCC3)Oc3ccccc32)oc2ccc(F)cc12. The molecular weight excluding hydrogens is 403 g/mol. The van der Waals surface area contributed by atoms with Crippen molar-refractivity contribution in [3.05, 3.63) is 59.6 Å². The van der Waals surface area contributed by atoms with Crippen LogP contribution in [0.5, 0.6) is 5.75 Å². The number of nitrogens with zero attached hydrogens (tertiary/aromatic N) is 2. The minimum atomic E-state index is -0.834. The largest absolute Gasteiger partial charge is 0.476 e. The summed E-state index contributed by atoms with van der Waals surface area (Å²) in [5.74, 6) is -0.407. The van der Waals surface area contributed by atoms with Crippen LogP contribution in [0.15, 0.2) is 46.9 Å². The van der Waals surface area contributed by atoms with E-state index >= 15 is 0 Å². The molecule has 160 valence electrons. The molecule has 31 heavy (non-hydrogen) atoms. The molecule has 0 N–H and O–H groups in total. The number of amides is 2. The summed E-state index contributed by atoms with van der Waals surface area (Å²) in [7, 11) is 0. The average Bonchev–Trinajstić information content (AvgIpc) is 3.13. The Kier molecular flexibility index (Phi) is 4.86. The summed E-state index contributed by atoms with van der Waals surface area (Å²) in [5, 5.41) is 0.547. The molecular formula is C23H21FN2O5. The van der Waals surface area contributed by atoms with Gasteiger partial charge in [-0.3, -0.25) is 14.5 Å². The van der Waals surface area contributed by atoms with Crippen molar-refractivity contribution in [1.29, 1.82) is 0 Å². The molecule has 1 fully saturated rings. The second-order valence-electron chi connectivity index (χ2n) is 7.62. The number of ether oxygens (including phenoxy) is 2. The Morgan fingerprint density at radius 1 is 1.10 bits per heavy atom. The highest BCUT2D eigenvalue weighted by atomic mass is 19.1. The summed E-state index contributed by atoms with van der Waals surface area (Å²) in [5.41, 5.74) is 1.55. The Hall–Kier alpha value is -3.39. The first-order chi connectivity index (χ1) is 15.0. The molecule has 5 rings (SSSR count). The van der Waals surface area contributed by atoms with Crippen LogP contribution in [0.3, 0.4) is 0 Å². The quantitative estimate of drug-likeness (QED) is 0.632. The van der Waals surface area contributed by atoms with E-state index in [4.69, 9.17) is 13.9 Å². The number of halogens is 1. The summed E-state index contributed by atoms with van der Waals surface area (Å²) >= 11 is 0. The summed E-state index contributed by atoms with van der Waals surface area (Å²) in [4.78, 5) is 29.8. The van der Waals surface area contributed by atoms with Crippen molar-refractivity contribution in [3.63, 3.8) is 0 Å². The van der Waals surface area contributed by atoms with Crippen molar-refractivity contribution in [2.24, 2.45) is 0 Å². The van der Waals surface area contributed by atoms with Crippen LogP contribution in [0, 0.1) is 12.7 Å². The fraction of sp³-hybridized carbons (Fsp3) is 0.304. The van der Waals surface area contributed by atoms with E-state index in [0.29, 0.717) is 54.3 Å². The van der Waals surface area contributed by atoms with Crippen molar-refractivity contribution < 1.29 is 27.9 Å². The van der Waals surface area contributed by atoms with Crippen molar-refractivity contribution in [2.75, 3.05) is 37.7 Å². The van der Waals surface area contributed by atoms with Crippen molar-refractivity contribution in [3.8, 4) is 5.75 Å². The van der Waals surface area contributed by atoms with Gasteiger partial charge in [0.25, 0.3) is 11.8 Å². The third-order valence-corrected chi connectivity index (χ3v) is 5.71. The Labute approximate surface area is 177 Å². The molecule has 7 nitrogen and oxygen atoms in total. The van der Waals surface area contributed by atoms with E-state index in [2.05, 4.69) is 0 Å². The molecule has 3 heterocycles. The minimum Gasteiger partial charge on any atom is -0.476 e. The van der Waals surface area contributed by atoms with E-state index in [1.165, 1.54) is 23.1 Å². The number of anilines is 1. The van der Waals surface area contributed by atoms with E-state index in [0.717, 1.165) is 0 Å². The molecule has 0 saturated carbocycles. The van der Waals surface area contributed by atoms with E-state index in [1.54, 1.807) is 36.1 Å². The highest BCUT2D eigenvalue weighted by molar-refractivity contribution is 6.09. The molecule has 2 amide bonds. The monoisotopic (exact) mass is 424 g/mol. The first-order valence-corrected chi connectivity index (χ1v) is 10.2. The first-order valence-electron chi connectivity index (χ1n) is 10.2. The fourth-order valence-corrected chi connectivity index (χ4v) is 4.06. The van der Waals surface area contributed by atoms with E-state index < -0.39 is 17.8 Å². The second kappa shape index (κ2) is 7.70. The smallest absolute Gasteiger partial charge is 0.294 e. The zero-order valence-electron chi connectivity index (χ0n) is 17.0. The summed E-state index contributed by atoms with van der Waals surface area (Å²) in [6, 6.07) is 11.2. The first kappa shape index (κ1) is 19.6. The van der Waals surface area contributed by atoms with E-state index in [1.807, 2.05) is 0 Å². The van der Waals surface area contributed by atoms with Crippen LogP contribution in [-0.2, 0) is 9.53 Å². The summed E-state index contributed by atoms with van der Waals surface area (Å²) in [6.07, 6.45) is -0.834. The molecule has 3 aromatic rings. The maximum Gasteiger partial charge on any atom is 0.294 e. The lowest BCUT2D eigenvalue weighted by molar-refractivity contribution is -0.142. The van der Waals surface area contributed by atoms with E-state index in [9.17, 15) is 14.0 Å². The number of fused-ring (bicyclic) bond motifs is 2. The van der Waals surface area contributed by atoms with Gasteiger partial charge in [-0.25, -0.2) is 4.39 Å². The lowest BCUT2D eigenvalue weighted by Crippen LogP contribution is -2.54. The molecule has 1 unspecified atom stereocenters. The molecule has 0 aliphatic carbocycles. The fourth-order valence-electron chi connectivity index (χ4n) is 4.06. The number of para-hydroxylation sites is 2. The van der Waals surface area contributed by atoms with Gasteiger partial charge in [0.15, 0.2) is 11.9 Å². The van der Waals surface area contributed by atoms with Crippen LogP contribution in [0.4, 0.5) is 10.1 Å². The third kappa shape index (κ3) is 3.42. The van der Waals surface area contributed by atoms with Crippen LogP contribution in [0.2, 0.25) is 0 Å². The topological polar surface area (TPSA) is 72.2 Å². The Morgan fingerprint density at radius 3 is 2.68 bits per heavy atom. The predicted octanol–water partition coefficient (Wildman–Crippen LogP) is 3.15. The van der Waals surface area contributed by atoms with Crippen molar-refractivity contribution in [1.82, 2.24) is 4.90 Å². The van der Waals surface area contributed by atoms with Crippen molar-refractivity contribution >= 4 is 28.5 Å². The zero-order valence-corrected chi connectivity index (χ0v) is 17.0. The summed E-state index contributed by atoms with van der Waals surface area (Å²) in [6.45, 7) is 3.71. The number of rotatable bonds is 2. The lowest BCUT2D eigenvalue weighted by Gasteiger charge is -2.37. The summed E-state index contributed by atoms with van der Waals surface area (Å²) < 4.78 is 30.8. The van der Waals surface area contributed by atoms with Crippen LogP contribution in [-0.4, -0.2) is 55.7 Å². The van der Waals surface area contributed by atoms with Gasteiger partial charge in [-0.05, 0) is 37.3 Å². The number of aryl methyl sites for hydroxylation is 1. The maximum absolute atomic E-state index is 13.7. The van der Waals surface area contributed by atoms with Crippen LogP contribution in [0.25, 0.3) is 11.0 Å². The number of morpholine rings is 1. The molecule has 2 aliphatic rings. The van der Waals surface area contributed by atoms with Gasteiger partial charge in [0.2, 0.25) is 0 Å². The zero-order chi connectivity index (χ0) is 21.5. The third-order valence-electron chi connectivity index (χ3n) is 5.71. The standard InChI is InChI=1S/C23H21FN2O5/c1-14-16-12-15(24)6-7-18(16)31-21(14)23(28)26-13-20(22(27)25-8-10-29-11-9-25)30-19-5-3-2-4-17(19)26/h2-7,12,20H,8-11,13H2,1H3. The average molecular weight is 424 g/mol. The molecule has 8 heteroatoms. The number of furan rings is 1. The number of carbonyl (C=O) groups is 2. The normalized spacial score (nSPS) is 18.6. The molecule has 1 atom stereocenters. The van der Waals surface area contributed by atoms with Crippen LogP contribution >= 0.6 is 0 Å².